The third kappa shape index (κ3) is 2.45. The Kier molecular flexibility index (Phi) is 3.74. The molecule has 2 N–H and O–H groups in total. The molecule has 0 saturated heterocycles. The van der Waals surface area contributed by atoms with Gasteiger partial charge in [0.1, 0.15) is 11.6 Å². The molecular weight excluding hydrogens is 336 g/mol. The molecule has 0 spiro atoms. The lowest BCUT2D eigenvalue weighted by Gasteiger charge is -2.17. The van der Waals surface area contributed by atoms with Gasteiger partial charge in [0.2, 0.25) is 0 Å². The van der Waals surface area contributed by atoms with Crippen LogP contribution in [0.4, 0.5) is 8.78 Å². The van der Waals surface area contributed by atoms with Crippen molar-refractivity contribution in [2.24, 2.45) is 5.73 Å². The molecule has 106 valence electrons. The Bertz CT molecular complexity index is 817. The van der Waals surface area contributed by atoms with Gasteiger partial charge in [0.15, 0.2) is 0 Å². The Balaban J connectivity index is 2.21. The van der Waals surface area contributed by atoms with Crippen LogP contribution in [0.2, 0.25) is 0 Å². The van der Waals surface area contributed by atoms with E-state index in [0.29, 0.717) is 26.4 Å². The van der Waals surface area contributed by atoms with Crippen molar-refractivity contribution in [2.45, 2.75) is 6.04 Å². The van der Waals surface area contributed by atoms with Crippen molar-refractivity contribution in [3.05, 3.63) is 81.8 Å². The van der Waals surface area contributed by atoms with Crippen LogP contribution in [0.15, 0.2) is 59.1 Å². The van der Waals surface area contributed by atoms with Gasteiger partial charge < -0.3 is 5.73 Å². The van der Waals surface area contributed by atoms with Crippen molar-refractivity contribution in [3.63, 3.8) is 0 Å². The lowest BCUT2D eigenvalue weighted by Crippen LogP contribution is -2.14. The van der Waals surface area contributed by atoms with Crippen LogP contribution < -0.4 is 5.73 Å². The molecule has 4 heteroatoms. The quantitative estimate of drug-likeness (QED) is 0.698. The first-order valence-corrected chi connectivity index (χ1v) is 7.25. The average Bonchev–Trinajstić information content (AvgIpc) is 2.50. The first kappa shape index (κ1) is 14.2. The minimum absolute atomic E-state index is 0.309. The van der Waals surface area contributed by atoms with Crippen LogP contribution in [0, 0.1) is 11.6 Å². The Hall–Kier alpha value is -1.78. The molecule has 0 amide bonds. The van der Waals surface area contributed by atoms with Crippen LogP contribution in [0.5, 0.6) is 0 Å². The Morgan fingerprint density at radius 1 is 0.810 bits per heavy atom. The zero-order chi connectivity index (χ0) is 15.0. The van der Waals surface area contributed by atoms with Crippen molar-refractivity contribution >= 4 is 26.7 Å². The number of fused-ring (bicyclic) bond motifs is 1. The Labute approximate surface area is 129 Å². The lowest BCUT2D eigenvalue weighted by molar-refractivity contribution is 0.593. The van der Waals surface area contributed by atoms with Gasteiger partial charge >= 0.3 is 0 Å². The van der Waals surface area contributed by atoms with Crippen molar-refractivity contribution < 1.29 is 8.78 Å². The molecule has 1 atom stereocenters. The fourth-order valence-electron chi connectivity index (χ4n) is 2.49. The normalized spacial score (nSPS) is 12.6. The van der Waals surface area contributed by atoms with Gasteiger partial charge in [-0.3, -0.25) is 0 Å². The molecule has 0 heterocycles. The van der Waals surface area contributed by atoms with Gasteiger partial charge in [-0.25, -0.2) is 8.78 Å². The molecule has 1 unspecified atom stereocenters. The summed E-state index contributed by atoms with van der Waals surface area (Å²) in [4.78, 5) is 0. The second-order valence-electron chi connectivity index (χ2n) is 4.80. The molecule has 3 rings (SSSR count). The summed E-state index contributed by atoms with van der Waals surface area (Å²) in [5.41, 5.74) is 7.29. The van der Waals surface area contributed by atoms with Gasteiger partial charge in [-0.1, -0.05) is 42.5 Å². The van der Waals surface area contributed by atoms with E-state index >= 15 is 0 Å². The molecule has 0 aromatic heterocycles. The van der Waals surface area contributed by atoms with Crippen LogP contribution in [-0.4, -0.2) is 0 Å². The third-order valence-electron chi connectivity index (χ3n) is 3.56. The maximum absolute atomic E-state index is 14.2. The minimum Gasteiger partial charge on any atom is -0.320 e. The maximum Gasteiger partial charge on any atom is 0.142 e. The Morgan fingerprint density at radius 2 is 1.52 bits per heavy atom. The van der Waals surface area contributed by atoms with E-state index in [1.54, 1.807) is 42.5 Å². The van der Waals surface area contributed by atoms with Gasteiger partial charge in [0, 0.05) is 10.9 Å². The van der Waals surface area contributed by atoms with Gasteiger partial charge in [0.25, 0.3) is 0 Å². The second kappa shape index (κ2) is 5.54. The molecule has 3 aromatic rings. The molecule has 0 aliphatic heterocycles. The standard InChI is InChI=1S/C17H12BrF2N/c18-14-7-3-6-13(16(14)20)17(21)12-8-9-15(19)11-5-2-1-4-10(11)12/h1-9,17H,21H2. The van der Waals surface area contributed by atoms with Crippen LogP contribution >= 0.6 is 15.9 Å². The largest absolute Gasteiger partial charge is 0.320 e. The molecule has 0 saturated carbocycles. The predicted molar refractivity (Wildman–Crippen MR) is 84.0 cm³/mol. The van der Waals surface area contributed by atoms with Crippen LogP contribution in [0.3, 0.4) is 0 Å². The highest BCUT2D eigenvalue weighted by Gasteiger charge is 2.18. The molecular formula is C17H12BrF2N. The van der Waals surface area contributed by atoms with Crippen molar-refractivity contribution in [1.29, 1.82) is 0 Å². The highest BCUT2D eigenvalue weighted by molar-refractivity contribution is 9.10. The highest BCUT2D eigenvalue weighted by atomic mass is 79.9. The monoisotopic (exact) mass is 347 g/mol. The van der Waals surface area contributed by atoms with E-state index in [4.69, 9.17) is 5.73 Å². The smallest absolute Gasteiger partial charge is 0.142 e. The summed E-state index contributed by atoms with van der Waals surface area (Å²) < 4.78 is 28.4. The number of nitrogens with two attached hydrogens (primary N) is 1. The SMILES string of the molecule is NC(c1cccc(Br)c1F)c1ccc(F)c2ccccc12. The van der Waals surface area contributed by atoms with Gasteiger partial charge in [0.05, 0.1) is 10.5 Å². The van der Waals surface area contributed by atoms with Crippen molar-refractivity contribution in [1.82, 2.24) is 0 Å². The van der Waals surface area contributed by atoms with E-state index < -0.39 is 11.9 Å². The van der Waals surface area contributed by atoms with E-state index in [0.717, 1.165) is 0 Å². The summed E-state index contributed by atoms with van der Waals surface area (Å²) in [5.74, 6) is -0.699. The first-order chi connectivity index (χ1) is 10.1. The van der Waals surface area contributed by atoms with Crippen LogP contribution in [-0.2, 0) is 0 Å². The fraction of sp³-hybridized carbons (Fsp3) is 0.0588. The molecule has 0 radical (unpaired) electrons. The van der Waals surface area contributed by atoms with E-state index in [1.165, 1.54) is 6.07 Å². The van der Waals surface area contributed by atoms with Gasteiger partial charge in [-0.2, -0.15) is 0 Å². The highest BCUT2D eigenvalue weighted by Crippen LogP contribution is 2.31. The number of halogens is 3. The molecule has 0 bridgehead atoms. The molecule has 21 heavy (non-hydrogen) atoms. The van der Waals surface area contributed by atoms with Crippen LogP contribution in [0.25, 0.3) is 10.8 Å². The van der Waals surface area contributed by atoms with Crippen molar-refractivity contribution in [2.75, 3.05) is 0 Å². The van der Waals surface area contributed by atoms with Gasteiger partial charge in [-0.15, -0.1) is 0 Å². The molecule has 0 aliphatic carbocycles. The van der Waals surface area contributed by atoms with Gasteiger partial charge in [-0.05, 0) is 39.0 Å². The summed E-state index contributed by atoms with van der Waals surface area (Å²) >= 11 is 3.16. The minimum atomic E-state index is -0.659. The summed E-state index contributed by atoms with van der Waals surface area (Å²) in [6.07, 6.45) is 0. The summed E-state index contributed by atoms with van der Waals surface area (Å²) in [7, 11) is 0. The van der Waals surface area contributed by atoms with E-state index in [2.05, 4.69) is 15.9 Å². The summed E-state index contributed by atoms with van der Waals surface area (Å²) in [6, 6.07) is 14.4. The van der Waals surface area contributed by atoms with Crippen molar-refractivity contribution in [3.8, 4) is 0 Å². The summed E-state index contributed by atoms with van der Waals surface area (Å²) in [6.45, 7) is 0. The fourth-order valence-corrected chi connectivity index (χ4v) is 2.87. The van der Waals surface area contributed by atoms with E-state index in [9.17, 15) is 8.78 Å². The topological polar surface area (TPSA) is 26.0 Å². The predicted octanol–water partition coefficient (Wildman–Crippen LogP) is 4.93. The second-order valence-corrected chi connectivity index (χ2v) is 5.66. The van der Waals surface area contributed by atoms with E-state index in [1.807, 2.05) is 6.07 Å². The zero-order valence-corrected chi connectivity index (χ0v) is 12.6. The zero-order valence-electron chi connectivity index (χ0n) is 11.0. The van der Waals surface area contributed by atoms with E-state index in [-0.39, 0.29) is 5.82 Å². The Morgan fingerprint density at radius 3 is 2.29 bits per heavy atom. The number of hydrogen-bond acceptors (Lipinski definition) is 1. The molecule has 0 fully saturated rings. The molecule has 0 aliphatic rings. The number of hydrogen-bond donors (Lipinski definition) is 1. The number of benzene rings is 3. The summed E-state index contributed by atoms with van der Waals surface area (Å²) in [5, 5.41) is 1.19. The molecule has 3 aromatic carbocycles. The maximum atomic E-state index is 14.2. The van der Waals surface area contributed by atoms with Crippen LogP contribution in [0.1, 0.15) is 17.2 Å². The number of rotatable bonds is 2. The lowest BCUT2D eigenvalue weighted by atomic mass is 9.94. The first-order valence-electron chi connectivity index (χ1n) is 6.46. The average molecular weight is 348 g/mol. The molecule has 1 nitrogen and oxygen atoms in total. The third-order valence-corrected chi connectivity index (χ3v) is 4.17.